The minimum absolute atomic E-state index is 0.0351. The highest BCUT2D eigenvalue weighted by Crippen LogP contribution is 2.48. The van der Waals surface area contributed by atoms with Gasteiger partial charge >= 0.3 is 5.97 Å². The average Bonchev–Trinajstić information content (AvgIpc) is 3.62. The molecule has 5 aromatic rings. The Morgan fingerprint density at radius 2 is 1.90 bits per heavy atom. The Morgan fingerprint density at radius 1 is 1.15 bits per heavy atom. The number of rotatable bonds is 9. The van der Waals surface area contributed by atoms with E-state index in [2.05, 4.69) is 10.3 Å². The fourth-order valence-electron chi connectivity index (χ4n) is 6.51. The highest BCUT2D eigenvalue weighted by molar-refractivity contribution is 7.89. The Bertz CT molecular complexity index is 2100. The Labute approximate surface area is 289 Å². The van der Waals surface area contributed by atoms with E-state index in [4.69, 9.17) is 16.3 Å². The molecule has 0 bridgehead atoms. The SMILES string of the molecule is CCn1nnc2c(F)c([C@@H](c3cc(CN4C[C@@H](C)Cc5ccc(C)cc5S4(=O)=O)c(Cl)s3)C(C)(C)C(=O)OCc3ccccc3)ccc21. The summed E-state index contributed by atoms with van der Waals surface area (Å²) in [5, 5.41) is 8.21. The molecule has 48 heavy (non-hydrogen) atoms. The first kappa shape index (κ1) is 34.2. The van der Waals surface area contributed by atoms with Crippen molar-refractivity contribution >= 4 is 50.0 Å². The van der Waals surface area contributed by atoms with Crippen LogP contribution in [0.3, 0.4) is 0 Å². The van der Waals surface area contributed by atoms with Crippen molar-refractivity contribution in [3.63, 3.8) is 0 Å². The number of aryl methyl sites for hydroxylation is 2. The summed E-state index contributed by atoms with van der Waals surface area (Å²) in [6.45, 7) is 10.2. The van der Waals surface area contributed by atoms with Crippen LogP contribution in [0.25, 0.3) is 11.0 Å². The van der Waals surface area contributed by atoms with E-state index in [-0.39, 0.29) is 30.1 Å². The van der Waals surface area contributed by atoms with Gasteiger partial charge in [0.25, 0.3) is 0 Å². The van der Waals surface area contributed by atoms with Gasteiger partial charge in [-0.25, -0.2) is 17.5 Å². The molecule has 0 fully saturated rings. The van der Waals surface area contributed by atoms with Crippen LogP contribution in [0.4, 0.5) is 4.39 Å². The van der Waals surface area contributed by atoms with Crippen LogP contribution in [0.15, 0.2) is 71.6 Å². The van der Waals surface area contributed by atoms with Gasteiger partial charge in [-0.1, -0.05) is 72.3 Å². The number of hydrogen-bond donors (Lipinski definition) is 0. The van der Waals surface area contributed by atoms with Gasteiger partial charge in [-0.15, -0.1) is 16.4 Å². The molecule has 2 atom stereocenters. The lowest BCUT2D eigenvalue weighted by Crippen LogP contribution is -2.34. The second-order valence-corrected chi connectivity index (χ2v) is 16.7. The van der Waals surface area contributed by atoms with Gasteiger partial charge in [-0.3, -0.25) is 4.79 Å². The van der Waals surface area contributed by atoms with E-state index in [0.717, 1.165) is 16.7 Å². The molecule has 0 spiro atoms. The number of fused-ring (bicyclic) bond motifs is 2. The molecule has 1 aliphatic rings. The van der Waals surface area contributed by atoms with Crippen LogP contribution in [0.5, 0.6) is 0 Å². The van der Waals surface area contributed by atoms with Crippen LogP contribution in [0.1, 0.15) is 66.3 Å². The Balaban J connectivity index is 1.41. The Morgan fingerprint density at radius 3 is 2.62 bits per heavy atom. The van der Waals surface area contributed by atoms with Crippen molar-refractivity contribution in [2.45, 2.75) is 71.5 Å². The molecule has 3 heterocycles. The zero-order valence-corrected chi connectivity index (χ0v) is 29.9. The molecule has 0 amide bonds. The summed E-state index contributed by atoms with van der Waals surface area (Å²) in [7, 11) is -3.83. The molecular weight excluding hydrogens is 671 g/mol. The van der Waals surface area contributed by atoms with Gasteiger partial charge in [-0.2, -0.15) is 4.31 Å². The maximum absolute atomic E-state index is 16.5. The van der Waals surface area contributed by atoms with Crippen LogP contribution >= 0.6 is 22.9 Å². The fourth-order valence-corrected chi connectivity index (χ4v) is 9.95. The fraction of sp³-hybridized carbons (Fsp3) is 0.361. The molecule has 0 aliphatic carbocycles. The lowest BCUT2D eigenvalue weighted by Gasteiger charge is -2.32. The van der Waals surface area contributed by atoms with Gasteiger partial charge in [0, 0.05) is 30.4 Å². The number of carbonyl (C=O) groups is 1. The number of sulfonamides is 1. The summed E-state index contributed by atoms with van der Waals surface area (Å²) < 4.78 is 53.7. The molecule has 12 heteroatoms. The quantitative estimate of drug-likeness (QED) is 0.145. The monoisotopic (exact) mass is 708 g/mol. The largest absolute Gasteiger partial charge is 0.460 e. The summed E-state index contributed by atoms with van der Waals surface area (Å²) in [5.74, 6) is -1.86. The summed E-state index contributed by atoms with van der Waals surface area (Å²) in [5.41, 5.74) is 2.71. The van der Waals surface area contributed by atoms with Gasteiger partial charge in [0.1, 0.15) is 12.1 Å². The predicted octanol–water partition coefficient (Wildman–Crippen LogP) is 7.90. The number of ether oxygens (including phenoxy) is 1. The van der Waals surface area contributed by atoms with Crippen molar-refractivity contribution < 1.29 is 22.3 Å². The summed E-state index contributed by atoms with van der Waals surface area (Å²) >= 11 is 8.09. The zero-order chi connectivity index (χ0) is 34.4. The molecule has 0 radical (unpaired) electrons. The smallest absolute Gasteiger partial charge is 0.312 e. The lowest BCUT2D eigenvalue weighted by atomic mass is 9.73. The number of nitrogens with zero attached hydrogens (tertiary/aromatic N) is 4. The van der Waals surface area contributed by atoms with E-state index in [1.807, 2.05) is 63.2 Å². The molecule has 2 aromatic heterocycles. The minimum atomic E-state index is -3.83. The van der Waals surface area contributed by atoms with Gasteiger partial charge < -0.3 is 4.74 Å². The molecular formula is C36H38ClFN4O4S2. The molecule has 0 N–H and O–H groups in total. The highest BCUT2D eigenvalue weighted by Gasteiger charge is 2.43. The number of aromatic nitrogens is 3. The molecule has 8 nitrogen and oxygen atoms in total. The number of carbonyl (C=O) groups excluding carboxylic acids is 1. The first-order chi connectivity index (χ1) is 22.8. The van der Waals surface area contributed by atoms with Gasteiger partial charge in [-0.05, 0) is 86.1 Å². The molecule has 3 aromatic carbocycles. The van der Waals surface area contributed by atoms with E-state index in [9.17, 15) is 13.2 Å². The maximum Gasteiger partial charge on any atom is 0.312 e. The van der Waals surface area contributed by atoms with Crippen LogP contribution in [0.2, 0.25) is 4.34 Å². The number of thiophene rings is 1. The van der Waals surface area contributed by atoms with E-state index in [0.29, 0.717) is 44.7 Å². The van der Waals surface area contributed by atoms with Crippen LogP contribution < -0.4 is 0 Å². The summed E-state index contributed by atoms with van der Waals surface area (Å²) in [6.07, 6.45) is 0.639. The van der Waals surface area contributed by atoms with Gasteiger partial charge in [0.05, 0.1) is 20.2 Å². The molecule has 0 saturated heterocycles. The number of esters is 1. The molecule has 1 aliphatic heterocycles. The van der Waals surface area contributed by atoms with E-state index >= 15 is 4.39 Å². The average molecular weight is 709 g/mol. The van der Waals surface area contributed by atoms with E-state index in [1.54, 1.807) is 42.8 Å². The maximum atomic E-state index is 16.5. The first-order valence-corrected chi connectivity index (χ1v) is 18.5. The van der Waals surface area contributed by atoms with Crippen molar-refractivity contribution in [2.24, 2.45) is 11.3 Å². The molecule has 0 unspecified atom stereocenters. The third-order valence-electron chi connectivity index (χ3n) is 9.06. The van der Waals surface area contributed by atoms with Crippen molar-refractivity contribution in [1.82, 2.24) is 19.3 Å². The number of halogens is 2. The predicted molar refractivity (Wildman–Crippen MR) is 186 cm³/mol. The van der Waals surface area contributed by atoms with E-state index < -0.39 is 33.1 Å². The molecule has 6 rings (SSSR count). The van der Waals surface area contributed by atoms with E-state index in [1.165, 1.54) is 15.6 Å². The van der Waals surface area contributed by atoms with Crippen LogP contribution in [0, 0.1) is 24.1 Å². The lowest BCUT2D eigenvalue weighted by molar-refractivity contribution is -0.156. The standard InChI is InChI=1S/C36H38ClFN4O4S2/c1-6-42-28-15-14-27(32(38)33(28)39-40-42)31(36(4,5)35(43)46-21-24-10-8-7-9-11-24)29-18-26(34(37)47-29)20-41-19-23(3)16-25-13-12-22(2)17-30(25)48(41,44)45/h7-15,17-18,23,31H,6,16,19-21H2,1-5H3/t23-,31-/m0/s1. The van der Waals surface area contributed by atoms with Gasteiger partial charge in [0.2, 0.25) is 10.0 Å². The third-order valence-corrected chi connectivity index (χ3v) is 12.5. The van der Waals surface area contributed by atoms with Crippen LogP contribution in [-0.2, 0) is 45.7 Å². The molecule has 0 saturated carbocycles. The van der Waals surface area contributed by atoms with Crippen LogP contribution in [-0.4, -0.2) is 40.2 Å². The van der Waals surface area contributed by atoms with Gasteiger partial charge in [0.15, 0.2) is 5.82 Å². The molecule has 252 valence electrons. The summed E-state index contributed by atoms with van der Waals surface area (Å²) in [6, 6.07) is 20.1. The number of hydrogen-bond acceptors (Lipinski definition) is 7. The minimum Gasteiger partial charge on any atom is -0.460 e. The second kappa shape index (κ2) is 13.3. The normalized spacial score (nSPS) is 17.2. The van der Waals surface area contributed by atoms with Crippen molar-refractivity contribution in [2.75, 3.05) is 6.54 Å². The Hall–Kier alpha value is -3.64. The van der Waals surface area contributed by atoms with Crippen molar-refractivity contribution in [3.8, 4) is 0 Å². The topological polar surface area (TPSA) is 94.4 Å². The zero-order valence-electron chi connectivity index (χ0n) is 27.5. The first-order valence-electron chi connectivity index (χ1n) is 15.9. The second-order valence-electron chi connectivity index (χ2n) is 13.1. The van der Waals surface area contributed by atoms with Crippen molar-refractivity contribution in [1.29, 1.82) is 0 Å². The van der Waals surface area contributed by atoms with Crippen molar-refractivity contribution in [3.05, 3.63) is 110 Å². The highest BCUT2D eigenvalue weighted by atomic mass is 35.5. The number of benzene rings is 3. The Kier molecular flexibility index (Phi) is 9.52. The summed E-state index contributed by atoms with van der Waals surface area (Å²) in [4.78, 5) is 14.8. The third kappa shape index (κ3) is 6.41.